The molecule has 0 radical (unpaired) electrons. The Hall–Kier alpha value is -3.72. The van der Waals surface area contributed by atoms with Crippen molar-refractivity contribution in [2.75, 3.05) is 4.72 Å². The average Bonchev–Trinajstić information content (AvgIpc) is 3.43. The van der Waals surface area contributed by atoms with E-state index in [4.69, 9.17) is 4.74 Å². The first-order valence-electron chi connectivity index (χ1n) is 8.77. The van der Waals surface area contributed by atoms with Crippen molar-refractivity contribution in [3.05, 3.63) is 60.8 Å². The van der Waals surface area contributed by atoms with Gasteiger partial charge in [0, 0.05) is 23.3 Å². The summed E-state index contributed by atoms with van der Waals surface area (Å²) in [5, 5.41) is 6.31. The SMILES string of the molecule is O=S(=O)(Nc1ncns1)c1ccc(Oc2ccc(OC(F)(F)F)cc2-c2ccn[nH]2)c(F)c1. The van der Waals surface area contributed by atoms with Gasteiger partial charge < -0.3 is 9.47 Å². The lowest BCUT2D eigenvalue weighted by molar-refractivity contribution is -0.274. The maximum Gasteiger partial charge on any atom is 0.573 e. The highest BCUT2D eigenvalue weighted by atomic mass is 32.2. The molecule has 33 heavy (non-hydrogen) atoms. The molecule has 4 rings (SSSR count). The Morgan fingerprint density at radius 2 is 1.85 bits per heavy atom. The fourth-order valence-corrected chi connectivity index (χ4v) is 4.33. The van der Waals surface area contributed by atoms with Crippen molar-refractivity contribution < 1.29 is 35.5 Å². The predicted molar refractivity (Wildman–Crippen MR) is 108 cm³/mol. The van der Waals surface area contributed by atoms with Crippen molar-refractivity contribution in [1.82, 2.24) is 19.6 Å². The summed E-state index contributed by atoms with van der Waals surface area (Å²) >= 11 is 0.800. The monoisotopic (exact) mass is 501 g/mol. The smallest absolute Gasteiger partial charge is 0.454 e. The molecule has 2 heterocycles. The van der Waals surface area contributed by atoms with Crippen molar-refractivity contribution in [1.29, 1.82) is 0 Å². The molecule has 0 saturated heterocycles. The minimum absolute atomic E-state index is 0.00102. The zero-order valence-electron chi connectivity index (χ0n) is 16.0. The second kappa shape index (κ2) is 8.67. The van der Waals surface area contributed by atoms with Gasteiger partial charge in [0.25, 0.3) is 10.0 Å². The molecule has 0 aliphatic heterocycles. The third-order valence-electron chi connectivity index (χ3n) is 3.99. The molecule has 4 aromatic rings. The molecule has 0 unspecified atom stereocenters. The first-order valence-corrected chi connectivity index (χ1v) is 11.0. The van der Waals surface area contributed by atoms with Crippen LogP contribution < -0.4 is 14.2 Å². The molecule has 0 fully saturated rings. The number of halogens is 4. The lowest BCUT2D eigenvalue weighted by Crippen LogP contribution is -2.17. The highest BCUT2D eigenvalue weighted by Gasteiger charge is 2.31. The highest BCUT2D eigenvalue weighted by molar-refractivity contribution is 7.93. The number of hydrogen-bond donors (Lipinski definition) is 2. The van der Waals surface area contributed by atoms with Crippen LogP contribution in [-0.2, 0) is 10.0 Å². The molecular formula is C18H11F4N5O4S2. The minimum atomic E-state index is -4.91. The summed E-state index contributed by atoms with van der Waals surface area (Å²) in [5.74, 6) is -1.95. The third-order valence-corrected chi connectivity index (χ3v) is 6.04. The second-order valence-electron chi connectivity index (χ2n) is 6.22. The molecule has 0 amide bonds. The van der Waals surface area contributed by atoms with Gasteiger partial charge in [-0.3, -0.25) is 9.82 Å². The summed E-state index contributed by atoms with van der Waals surface area (Å²) in [6, 6.07) is 7.54. The summed E-state index contributed by atoms with van der Waals surface area (Å²) in [6.07, 6.45) is -2.40. The molecule has 0 bridgehead atoms. The van der Waals surface area contributed by atoms with Crippen LogP contribution in [0, 0.1) is 5.82 Å². The van der Waals surface area contributed by atoms with Crippen LogP contribution in [0.3, 0.4) is 0 Å². The number of sulfonamides is 1. The largest absolute Gasteiger partial charge is 0.573 e. The average molecular weight is 501 g/mol. The van der Waals surface area contributed by atoms with Gasteiger partial charge in [0.1, 0.15) is 17.8 Å². The van der Waals surface area contributed by atoms with Gasteiger partial charge in [0.2, 0.25) is 5.13 Å². The number of nitrogens with one attached hydrogen (secondary N) is 2. The quantitative estimate of drug-likeness (QED) is 0.356. The van der Waals surface area contributed by atoms with Gasteiger partial charge in [-0.1, -0.05) is 0 Å². The van der Waals surface area contributed by atoms with Gasteiger partial charge in [0.15, 0.2) is 11.6 Å². The molecule has 0 atom stereocenters. The van der Waals surface area contributed by atoms with Crippen molar-refractivity contribution in [2.24, 2.45) is 0 Å². The van der Waals surface area contributed by atoms with Crippen LogP contribution in [0.1, 0.15) is 0 Å². The van der Waals surface area contributed by atoms with Crippen molar-refractivity contribution >= 4 is 26.7 Å². The van der Waals surface area contributed by atoms with Gasteiger partial charge in [-0.2, -0.15) is 9.47 Å². The first-order chi connectivity index (χ1) is 15.6. The van der Waals surface area contributed by atoms with Crippen LogP contribution in [0.4, 0.5) is 22.7 Å². The number of H-pyrrole nitrogens is 1. The summed E-state index contributed by atoms with van der Waals surface area (Å²) in [4.78, 5) is 3.30. The van der Waals surface area contributed by atoms with Crippen LogP contribution in [0.25, 0.3) is 11.3 Å². The number of anilines is 1. The summed E-state index contributed by atoms with van der Waals surface area (Å²) < 4.78 is 92.5. The fourth-order valence-electron chi connectivity index (χ4n) is 2.65. The Kier molecular flexibility index (Phi) is 5.90. The predicted octanol–water partition coefficient (Wildman–Crippen LogP) is 4.56. The fraction of sp³-hybridized carbons (Fsp3) is 0.0556. The molecule has 0 spiro atoms. The van der Waals surface area contributed by atoms with Crippen molar-refractivity contribution in [2.45, 2.75) is 11.3 Å². The van der Waals surface area contributed by atoms with E-state index in [9.17, 15) is 26.0 Å². The molecular weight excluding hydrogens is 490 g/mol. The van der Waals surface area contributed by atoms with Crippen molar-refractivity contribution in [3.8, 4) is 28.5 Å². The molecule has 2 aromatic carbocycles. The van der Waals surface area contributed by atoms with E-state index in [-0.39, 0.29) is 27.9 Å². The van der Waals surface area contributed by atoms with Gasteiger partial charge in [-0.25, -0.2) is 17.8 Å². The van der Waals surface area contributed by atoms with E-state index in [2.05, 4.69) is 29.0 Å². The van der Waals surface area contributed by atoms with Crippen LogP contribution in [0.5, 0.6) is 17.2 Å². The Morgan fingerprint density at radius 1 is 1.06 bits per heavy atom. The van der Waals surface area contributed by atoms with E-state index in [1.54, 1.807) is 0 Å². The van der Waals surface area contributed by atoms with E-state index in [0.29, 0.717) is 0 Å². The highest BCUT2D eigenvalue weighted by Crippen LogP contribution is 2.37. The Bertz CT molecular complexity index is 1360. The Balaban J connectivity index is 1.63. The van der Waals surface area contributed by atoms with E-state index in [1.165, 1.54) is 12.3 Å². The van der Waals surface area contributed by atoms with Crippen LogP contribution in [-0.4, -0.2) is 34.3 Å². The number of hydrogen-bond acceptors (Lipinski definition) is 8. The first kappa shape index (κ1) is 22.5. The lowest BCUT2D eigenvalue weighted by atomic mass is 10.1. The molecule has 9 nitrogen and oxygen atoms in total. The summed E-state index contributed by atoms with van der Waals surface area (Å²) in [7, 11) is -4.14. The molecule has 0 aliphatic rings. The number of alkyl halides is 3. The van der Waals surface area contributed by atoms with Crippen LogP contribution >= 0.6 is 11.5 Å². The number of ether oxygens (including phenoxy) is 2. The van der Waals surface area contributed by atoms with E-state index in [0.717, 1.165) is 54.3 Å². The number of benzene rings is 2. The minimum Gasteiger partial charge on any atom is -0.454 e. The zero-order valence-corrected chi connectivity index (χ0v) is 17.6. The molecule has 2 N–H and O–H groups in total. The molecule has 2 aromatic heterocycles. The second-order valence-corrected chi connectivity index (χ2v) is 8.68. The number of aromatic nitrogens is 4. The number of nitrogens with zero attached hydrogens (tertiary/aromatic N) is 3. The normalized spacial score (nSPS) is 11.9. The van der Waals surface area contributed by atoms with Crippen LogP contribution in [0.15, 0.2) is 59.9 Å². The summed E-state index contributed by atoms with van der Waals surface area (Å²) in [6.45, 7) is 0. The van der Waals surface area contributed by atoms with Gasteiger partial charge in [-0.15, -0.1) is 13.2 Å². The zero-order chi connectivity index (χ0) is 23.6. The number of rotatable bonds is 7. The topological polar surface area (TPSA) is 119 Å². The maximum absolute atomic E-state index is 14.7. The van der Waals surface area contributed by atoms with Crippen molar-refractivity contribution in [3.63, 3.8) is 0 Å². The van der Waals surface area contributed by atoms with Crippen LogP contribution in [0.2, 0.25) is 0 Å². The van der Waals surface area contributed by atoms with E-state index in [1.807, 2.05) is 0 Å². The Morgan fingerprint density at radius 3 is 2.48 bits per heavy atom. The van der Waals surface area contributed by atoms with Gasteiger partial charge in [-0.05, 0) is 42.5 Å². The molecule has 0 saturated carbocycles. The van der Waals surface area contributed by atoms with E-state index < -0.39 is 32.8 Å². The standard InChI is InChI=1S/C18H11F4N5O4S2/c19-13-8-11(33(28,29)27-17-23-9-25-32-17)2-4-16(13)30-15-3-1-10(31-18(20,21)22)7-12(15)14-5-6-24-26-14/h1-9H,(H,24,26)(H,23,25,27). The number of aromatic amines is 1. The molecule has 15 heteroatoms. The van der Waals surface area contributed by atoms with E-state index >= 15 is 0 Å². The molecule has 172 valence electrons. The van der Waals surface area contributed by atoms with Gasteiger partial charge >= 0.3 is 6.36 Å². The van der Waals surface area contributed by atoms with Gasteiger partial charge in [0.05, 0.1) is 10.6 Å². The maximum atomic E-state index is 14.7. The third kappa shape index (κ3) is 5.38. The lowest BCUT2D eigenvalue weighted by Gasteiger charge is -2.14. The Labute approximate surface area is 187 Å². The summed E-state index contributed by atoms with van der Waals surface area (Å²) in [5.41, 5.74) is 0.377. The molecule has 0 aliphatic carbocycles.